The summed E-state index contributed by atoms with van der Waals surface area (Å²) in [4.78, 5) is 65.4. The van der Waals surface area contributed by atoms with E-state index in [9.17, 15) is 28.4 Å². The van der Waals surface area contributed by atoms with Crippen LogP contribution in [0.2, 0.25) is 0 Å². The molecule has 0 spiro atoms. The summed E-state index contributed by atoms with van der Waals surface area (Å²) in [5, 5.41) is 9.60. The van der Waals surface area contributed by atoms with Gasteiger partial charge >= 0.3 is 0 Å². The van der Waals surface area contributed by atoms with E-state index in [-0.39, 0.29) is 46.6 Å². The fourth-order valence-electron chi connectivity index (χ4n) is 8.44. The van der Waals surface area contributed by atoms with Gasteiger partial charge in [0.2, 0.25) is 5.88 Å². The summed E-state index contributed by atoms with van der Waals surface area (Å²) in [5.74, 6) is 4.73. The van der Waals surface area contributed by atoms with Crippen LogP contribution in [0.25, 0.3) is 10.8 Å². The molecule has 3 aromatic carbocycles. The third-order valence-electron chi connectivity index (χ3n) is 11.8. The van der Waals surface area contributed by atoms with Crippen LogP contribution in [0.1, 0.15) is 100 Å². The zero-order valence-corrected chi connectivity index (χ0v) is 34.3. The number of hydrogen-bond donors (Lipinski definition) is 4. The van der Waals surface area contributed by atoms with Crippen molar-refractivity contribution >= 4 is 40.2 Å². The van der Waals surface area contributed by atoms with Crippen molar-refractivity contribution in [1.82, 2.24) is 20.9 Å². The van der Waals surface area contributed by atoms with Crippen molar-refractivity contribution in [3.05, 3.63) is 88.6 Å². The van der Waals surface area contributed by atoms with Crippen LogP contribution in [0.3, 0.4) is 0 Å². The molecule has 1 saturated carbocycles. The van der Waals surface area contributed by atoms with Gasteiger partial charge in [-0.1, -0.05) is 43.4 Å². The van der Waals surface area contributed by atoms with E-state index in [0.717, 1.165) is 70.0 Å². The number of methoxy groups -OCH3 is 1. The van der Waals surface area contributed by atoms with Crippen molar-refractivity contribution < 1.29 is 42.6 Å². The van der Waals surface area contributed by atoms with Crippen LogP contribution in [-0.4, -0.2) is 73.4 Å². The van der Waals surface area contributed by atoms with Gasteiger partial charge in [0, 0.05) is 34.4 Å². The number of benzene rings is 3. The molecular weight excluding hydrogens is 782 g/mol. The van der Waals surface area contributed by atoms with Crippen molar-refractivity contribution in [3.8, 4) is 35.0 Å². The lowest BCUT2D eigenvalue weighted by Crippen LogP contribution is -2.42. The molecule has 5 N–H and O–H groups in total. The van der Waals surface area contributed by atoms with E-state index in [4.69, 9.17) is 19.9 Å². The number of pyridine rings is 1. The second-order valence-electron chi connectivity index (χ2n) is 15.9. The molecule has 4 aromatic rings. The number of amides is 4. The smallest absolute Gasteiger partial charge is 0.299 e. The number of Topliss-reactive ketones (excluding diaryl/α,β-unsaturated/α-hetero) is 1. The molecular formula is C47H50FN5O8. The van der Waals surface area contributed by atoms with E-state index >= 15 is 0 Å². The fourth-order valence-corrected chi connectivity index (χ4v) is 8.44. The van der Waals surface area contributed by atoms with Gasteiger partial charge < -0.3 is 30.6 Å². The van der Waals surface area contributed by atoms with Gasteiger partial charge in [-0.05, 0) is 112 Å². The van der Waals surface area contributed by atoms with Crippen LogP contribution in [0, 0.1) is 29.6 Å². The number of ketones is 1. The number of aryl methyl sites for hydroxylation is 1. The molecule has 0 bridgehead atoms. The van der Waals surface area contributed by atoms with E-state index < -0.39 is 47.5 Å². The molecule has 2 fully saturated rings. The highest BCUT2D eigenvalue weighted by molar-refractivity contribution is 6.49. The maximum Gasteiger partial charge on any atom is 0.299 e. The molecule has 61 heavy (non-hydrogen) atoms. The first kappa shape index (κ1) is 42.8. The number of halogens is 1. The Balaban J connectivity index is 0.863. The minimum atomic E-state index is -1.58. The number of carbonyl (C=O) groups excluding carboxylic acids is 5. The third kappa shape index (κ3) is 9.84. The van der Waals surface area contributed by atoms with Gasteiger partial charge in [0.15, 0.2) is 6.17 Å². The molecule has 4 amide bonds. The summed E-state index contributed by atoms with van der Waals surface area (Å²) < 4.78 is 32.0. The summed E-state index contributed by atoms with van der Waals surface area (Å²) >= 11 is 0. The number of aromatic nitrogens is 1. The summed E-state index contributed by atoms with van der Waals surface area (Å²) in [5.41, 5.74) is 7.74. The molecule has 7 rings (SSSR count). The van der Waals surface area contributed by atoms with Crippen LogP contribution >= 0.6 is 0 Å². The third-order valence-corrected chi connectivity index (χ3v) is 11.8. The first-order chi connectivity index (χ1) is 29.5. The van der Waals surface area contributed by atoms with Crippen molar-refractivity contribution in [2.75, 3.05) is 26.8 Å². The van der Waals surface area contributed by atoms with Crippen molar-refractivity contribution in [2.45, 2.75) is 76.9 Å². The van der Waals surface area contributed by atoms with Gasteiger partial charge in [-0.3, -0.25) is 29.3 Å². The van der Waals surface area contributed by atoms with E-state index in [2.05, 4.69) is 32.8 Å². The monoisotopic (exact) mass is 831 g/mol. The number of imide groups is 1. The lowest BCUT2D eigenvalue weighted by atomic mass is 9.82. The number of ether oxygens (including phenoxy) is 3. The zero-order valence-electron chi connectivity index (χ0n) is 34.3. The number of nitrogens with two attached hydrogens (primary N) is 1. The predicted molar refractivity (Wildman–Crippen MR) is 225 cm³/mol. The van der Waals surface area contributed by atoms with Crippen molar-refractivity contribution in [3.63, 3.8) is 0 Å². The molecule has 3 atom stereocenters. The average Bonchev–Trinajstić information content (AvgIpc) is 3.54. The SMILES string of the molecule is CC[C@@H]1[C@H](F)C(=O)N[C@@H]1COc1ncc(C#C[C@H]2CC[C@H](CNCCCCCc3cccc(Oc4cccc5c4C(=O)NC(=O)C5=O)c3)CC2)c2cc(C(N)=O)c(OC)cc12. The number of rotatable bonds is 16. The van der Waals surface area contributed by atoms with E-state index in [0.29, 0.717) is 34.4 Å². The largest absolute Gasteiger partial charge is 0.496 e. The van der Waals surface area contributed by atoms with Gasteiger partial charge in [-0.15, -0.1) is 0 Å². The van der Waals surface area contributed by atoms with Crippen molar-refractivity contribution in [1.29, 1.82) is 0 Å². The number of primary amides is 1. The maximum absolute atomic E-state index is 14.4. The number of alkyl halides is 1. The highest BCUT2D eigenvalue weighted by Gasteiger charge is 2.42. The summed E-state index contributed by atoms with van der Waals surface area (Å²) in [6.07, 6.45) is 8.60. The Morgan fingerprint density at radius 2 is 1.77 bits per heavy atom. The number of hydrogen-bond acceptors (Lipinski definition) is 10. The van der Waals surface area contributed by atoms with E-state index in [1.807, 2.05) is 25.1 Å². The fraction of sp³-hybridized carbons (Fsp3) is 0.404. The van der Waals surface area contributed by atoms with Gasteiger partial charge in [0.25, 0.3) is 29.4 Å². The molecule has 3 heterocycles. The quantitative estimate of drug-likeness (QED) is 0.0452. The molecule has 2 aliphatic heterocycles. The van der Waals surface area contributed by atoms with Gasteiger partial charge in [0.05, 0.1) is 29.8 Å². The average molecular weight is 832 g/mol. The minimum Gasteiger partial charge on any atom is -0.496 e. The Kier molecular flexibility index (Phi) is 13.6. The standard InChI is InChI=1S/C47H50FN5O8/c1-3-32-37(52-45(57)41(32)48)26-60-47-35-23-39(59-2)36(43(49)55)22-34(35)30(25-51-47)19-18-27-14-16-29(17-15-27)24-50-20-6-4-5-9-28-10-7-11-31(21-28)61-38-13-8-12-33-40(38)44(56)53-46(58)42(33)54/h7-8,10-13,21-23,25,27,29,32,37,41,50H,3-6,9,14-17,20,24,26H2,1-2H3,(H2,49,55)(H,52,57)(H,53,56,58)/t27-,29-,32-,37+,41-/m0/s1. The number of carbonyl (C=O) groups is 5. The molecule has 1 saturated heterocycles. The number of nitrogens with one attached hydrogen (secondary N) is 3. The lowest BCUT2D eigenvalue weighted by Gasteiger charge is -2.26. The van der Waals surface area contributed by atoms with Crippen LogP contribution in [0.15, 0.2) is 60.8 Å². The first-order valence-corrected chi connectivity index (χ1v) is 20.9. The normalized spacial score (nSPS) is 20.9. The second-order valence-corrected chi connectivity index (χ2v) is 15.9. The van der Waals surface area contributed by atoms with Gasteiger partial charge in [-0.25, -0.2) is 9.37 Å². The summed E-state index contributed by atoms with van der Waals surface area (Å²) in [6, 6.07) is 15.1. The van der Waals surface area contributed by atoms with Gasteiger partial charge in [-0.2, -0.15) is 0 Å². The molecule has 3 aliphatic rings. The number of nitrogens with zero attached hydrogens (tertiary/aromatic N) is 1. The molecule has 14 heteroatoms. The number of unbranched alkanes of at least 4 members (excludes halogenated alkanes) is 2. The maximum atomic E-state index is 14.4. The van der Waals surface area contributed by atoms with Gasteiger partial charge in [0.1, 0.15) is 23.9 Å². The molecule has 0 unspecified atom stereocenters. The molecule has 13 nitrogen and oxygen atoms in total. The summed E-state index contributed by atoms with van der Waals surface area (Å²) in [6.45, 7) is 3.76. The predicted octanol–water partition coefficient (Wildman–Crippen LogP) is 5.99. The lowest BCUT2D eigenvalue weighted by molar-refractivity contribution is -0.124. The Bertz CT molecular complexity index is 2400. The van der Waals surface area contributed by atoms with Crippen LogP contribution in [0.5, 0.6) is 23.1 Å². The van der Waals surface area contributed by atoms with E-state index in [1.165, 1.54) is 13.2 Å². The summed E-state index contributed by atoms with van der Waals surface area (Å²) in [7, 11) is 1.45. The zero-order chi connectivity index (χ0) is 43.0. The molecule has 0 radical (unpaired) electrons. The molecule has 1 aromatic heterocycles. The Morgan fingerprint density at radius 3 is 2.54 bits per heavy atom. The minimum absolute atomic E-state index is 0.0303. The van der Waals surface area contributed by atoms with Crippen LogP contribution < -0.4 is 35.9 Å². The highest BCUT2D eigenvalue weighted by Crippen LogP contribution is 2.35. The highest BCUT2D eigenvalue weighted by atomic mass is 19.1. The Hall–Kier alpha value is -6.33. The van der Waals surface area contributed by atoms with Crippen LogP contribution in [0.4, 0.5) is 4.39 Å². The Labute approximate surface area is 353 Å². The second kappa shape index (κ2) is 19.4. The molecule has 318 valence electrons. The van der Waals surface area contributed by atoms with E-state index in [1.54, 1.807) is 36.5 Å². The number of fused-ring (bicyclic) bond motifs is 2. The first-order valence-electron chi connectivity index (χ1n) is 20.9. The van der Waals surface area contributed by atoms with Crippen LogP contribution in [-0.2, 0) is 16.0 Å². The molecule has 1 aliphatic carbocycles. The van der Waals surface area contributed by atoms with Crippen molar-refractivity contribution in [2.24, 2.45) is 23.5 Å². The Morgan fingerprint density at radius 1 is 0.967 bits per heavy atom. The topological polar surface area (TPSA) is 188 Å².